The summed E-state index contributed by atoms with van der Waals surface area (Å²) in [7, 11) is 0. The summed E-state index contributed by atoms with van der Waals surface area (Å²) in [5.74, 6) is -0.918. The van der Waals surface area contributed by atoms with E-state index in [0.29, 0.717) is 12.8 Å². The molecule has 1 aliphatic heterocycles. The van der Waals surface area contributed by atoms with Gasteiger partial charge < -0.3 is 5.11 Å². The molecule has 1 N–H and O–H groups in total. The van der Waals surface area contributed by atoms with Crippen LogP contribution in [0.5, 0.6) is 0 Å². The zero-order valence-electron chi connectivity index (χ0n) is 13.7. The molecule has 25 heavy (non-hydrogen) atoms. The molecule has 1 fully saturated rings. The van der Waals surface area contributed by atoms with Crippen LogP contribution in [0.2, 0.25) is 0 Å². The van der Waals surface area contributed by atoms with Crippen LogP contribution in [-0.2, 0) is 4.79 Å². The molecule has 1 aliphatic rings. The first-order chi connectivity index (χ1) is 12.2. The van der Waals surface area contributed by atoms with Crippen molar-refractivity contribution in [3.05, 3.63) is 59.4 Å². The standard InChI is InChI=1S/C19H19N3O2S/c23-19(24)13-7-10-22(11-8-13)17(14-4-3-9-20-12-14)18-21-15-5-1-2-6-16(15)25-18/h1-6,9,12-13,17H,7-8,10-11H2,(H,23,24). The summed E-state index contributed by atoms with van der Waals surface area (Å²) in [6, 6.07) is 12.2. The number of likely N-dealkylation sites (tertiary alicyclic amines) is 1. The Morgan fingerprint density at radius 2 is 2.00 bits per heavy atom. The highest BCUT2D eigenvalue weighted by molar-refractivity contribution is 7.18. The molecule has 4 rings (SSSR count). The van der Waals surface area contributed by atoms with E-state index in [-0.39, 0.29) is 12.0 Å². The molecular formula is C19H19N3O2S. The number of nitrogens with zero attached hydrogens (tertiary/aromatic N) is 3. The molecule has 3 aromatic rings. The van der Waals surface area contributed by atoms with Crippen LogP contribution in [-0.4, -0.2) is 39.0 Å². The van der Waals surface area contributed by atoms with E-state index >= 15 is 0 Å². The monoisotopic (exact) mass is 353 g/mol. The fourth-order valence-electron chi connectivity index (χ4n) is 3.46. The van der Waals surface area contributed by atoms with E-state index in [2.05, 4.69) is 22.0 Å². The maximum Gasteiger partial charge on any atom is 0.306 e. The molecule has 0 radical (unpaired) electrons. The molecule has 3 heterocycles. The highest BCUT2D eigenvalue weighted by atomic mass is 32.1. The van der Waals surface area contributed by atoms with Gasteiger partial charge in [-0.05, 0) is 49.7 Å². The lowest BCUT2D eigenvalue weighted by Crippen LogP contribution is -2.39. The second-order valence-electron chi connectivity index (χ2n) is 6.36. The van der Waals surface area contributed by atoms with Crippen LogP contribution in [0.4, 0.5) is 0 Å². The van der Waals surface area contributed by atoms with Crippen LogP contribution >= 0.6 is 11.3 Å². The topological polar surface area (TPSA) is 66.3 Å². The smallest absolute Gasteiger partial charge is 0.306 e. The number of hydrogen-bond acceptors (Lipinski definition) is 5. The van der Waals surface area contributed by atoms with Crippen LogP contribution in [0.25, 0.3) is 10.2 Å². The van der Waals surface area contributed by atoms with Crippen molar-refractivity contribution in [2.24, 2.45) is 5.92 Å². The minimum Gasteiger partial charge on any atom is -0.481 e. The van der Waals surface area contributed by atoms with Gasteiger partial charge in [-0.15, -0.1) is 11.3 Å². The Morgan fingerprint density at radius 1 is 1.20 bits per heavy atom. The second kappa shape index (κ2) is 6.90. The van der Waals surface area contributed by atoms with Gasteiger partial charge in [0.05, 0.1) is 22.2 Å². The summed E-state index contributed by atoms with van der Waals surface area (Å²) in [5.41, 5.74) is 2.12. The van der Waals surface area contributed by atoms with Crippen molar-refractivity contribution >= 4 is 27.5 Å². The van der Waals surface area contributed by atoms with Crippen molar-refractivity contribution in [1.82, 2.24) is 14.9 Å². The predicted molar refractivity (Wildman–Crippen MR) is 97.6 cm³/mol. The van der Waals surface area contributed by atoms with E-state index in [1.165, 1.54) is 4.70 Å². The molecule has 0 bridgehead atoms. The van der Waals surface area contributed by atoms with E-state index in [4.69, 9.17) is 4.98 Å². The average molecular weight is 353 g/mol. The van der Waals surface area contributed by atoms with Gasteiger partial charge in [-0.1, -0.05) is 18.2 Å². The van der Waals surface area contributed by atoms with E-state index in [1.54, 1.807) is 17.5 Å². The van der Waals surface area contributed by atoms with E-state index in [1.807, 2.05) is 30.5 Å². The van der Waals surface area contributed by atoms with Crippen LogP contribution in [0.1, 0.15) is 29.5 Å². The van der Waals surface area contributed by atoms with Gasteiger partial charge in [0, 0.05) is 12.4 Å². The SMILES string of the molecule is O=C(O)C1CCN(C(c2cccnc2)c2nc3ccccc3s2)CC1. The molecule has 1 aromatic carbocycles. The minimum absolute atomic E-state index is 0.0286. The number of benzene rings is 1. The number of hydrogen-bond donors (Lipinski definition) is 1. The number of aliphatic carboxylic acids is 1. The van der Waals surface area contributed by atoms with Gasteiger partial charge in [0.2, 0.25) is 0 Å². The van der Waals surface area contributed by atoms with Crippen molar-refractivity contribution in [3.8, 4) is 0 Å². The first-order valence-corrected chi connectivity index (χ1v) is 9.26. The summed E-state index contributed by atoms with van der Waals surface area (Å²) in [4.78, 5) is 22.7. The van der Waals surface area contributed by atoms with Crippen LogP contribution < -0.4 is 0 Å². The van der Waals surface area contributed by atoms with Crippen molar-refractivity contribution in [2.45, 2.75) is 18.9 Å². The quantitative estimate of drug-likeness (QED) is 0.777. The fraction of sp³-hybridized carbons (Fsp3) is 0.316. The number of carbonyl (C=O) groups is 1. The van der Waals surface area contributed by atoms with Crippen molar-refractivity contribution in [1.29, 1.82) is 0 Å². The summed E-state index contributed by atoms with van der Waals surface area (Å²) < 4.78 is 1.17. The third-order valence-corrected chi connectivity index (χ3v) is 5.88. The van der Waals surface area contributed by atoms with E-state index < -0.39 is 5.97 Å². The summed E-state index contributed by atoms with van der Waals surface area (Å²) >= 11 is 1.70. The molecule has 1 saturated heterocycles. The lowest BCUT2D eigenvalue weighted by Gasteiger charge is -2.35. The molecule has 0 spiro atoms. The summed E-state index contributed by atoms with van der Waals surface area (Å²) in [6.07, 6.45) is 5.02. The van der Waals surface area contributed by atoms with Crippen molar-refractivity contribution < 1.29 is 9.90 Å². The number of carboxylic acids is 1. The van der Waals surface area contributed by atoms with Gasteiger partial charge >= 0.3 is 5.97 Å². The summed E-state index contributed by atoms with van der Waals surface area (Å²) in [5, 5.41) is 10.3. The van der Waals surface area contributed by atoms with Crippen LogP contribution in [0.15, 0.2) is 48.8 Å². The maximum absolute atomic E-state index is 11.2. The lowest BCUT2D eigenvalue weighted by molar-refractivity contribution is -0.143. The molecule has 0 aliphatic carbocycles. The zero-order chi connectivity index (χ0) is 17.2. The Hall–Kier alpha value is -2.31. The number of piperidine rings is 1. The lowest BCUT2D eigenvalue weighted by atomic mass is 9.95. The Morgan fingerprint density at radius 3 is 2.68 bits per heavy atom. The first kappa shape index (κ1) is 16.2. The maximum atomic E-state index is 11.2. The Balaban J connectivity index is 1.69. The third kappa shape index (κ3) is 3.27. The molecule has 1 unspecified atom stereocenters. The van der Waals surface area contributed by atoms with Crippen molar-refractivity contribution in [3.63, 3.8) is 0 Å². The number of rotatable bonds is 4. The van der Waals surface area contributed by atoms with Gasteiger partial charge in [-0.3, -0.25) is 14.7 Å². The molecule has 0 amide bonds. The average Bonchev–Trinajstić information content (AvgIpc) is 3.07. The highest BCUT2D eigenvalue weighted by Gasteiger charge is 2.31. The molecule has 6 heteroatoms. The number of para-hydroxylation sites is 1. The predicted octanol–water partition coefficient (Wildman–Crippen LogP) is 3.58. The Kier molecular flexibility index (Phi) is 4.46. The molecule has 5 nitrogen and oxygen atoms in total. The van der Waals surface area contributed by atoms with Gasteiger partial charge in [-0.25, -0.2) is 4.98 Å². The number of carboxylic acid groups (broad SMARTS) is 1. The summed E-state index contributed by atoms with van der Waals surface area (Å²) in [6.45, 7) is 1.51. The molecule has 2 aromatic heterocycles. The number of fused-ring (bicyclic) bond motifs is 1. The van der Waals surface area contributed by atoms with Gasteiger partial charge in [0.1, 0.15) is 5.01 Å². The van der Waals surface area contributed by atoms with Crippen LogP contribution in [0, 0.1) is 5.92 Å². The van der Waals surface area contributed by atoms with Crippen molar-refractivity contribution in [2.75, 3.05) is 13.1 Å². The third-order valence-electron chi connectivity index (χ3n) is 4.79. The van der Waals surface area contributed by atoms with Gasteiger partial charge in [-0.2, -0.15) is 0 Å². The Bertz CT molecular complexity index is 840. The number of pyridine rings is 1. The van der Waals surface area contributed by atoms with E-state index in [9.17, 15) is 9.90 Å². The number of thiazole rings is 1. The zero-order valence-corrected chi connectivity index (χ0v) is 14.5. The minimum atomic E-state index is -0.683. The van der Waals surface area contributed by atoms with Gasteiger partial charge in [0.15, 0.2) is 0 Å². The normalized spacial score (nSPS) is 17.6. The molecular weight excluding hydrogens is 334 g/mol. The second-order valence-corrected chi connectivity index (χ2v) is 7.42. The van der Waals surface area contributed by atoms with Gasteiger partial charge in [0.25, 0.3) is 0 Å². The molecule has 128 valence electrons. The number of aromatic nitrogens is 2. The highest BCUT2D eigenvalue weighted by Crippen LogP contribution is 2.36. The van der Waals surface area contributed by atoms with E-state index in [0.717, 1.165) is 29.2 Å². The Labute approximate surface area is 150 Å². The first-order valence-electron chi connectivity index (χ1n) is 8.44. The largest absolute Gasteiger partial charge is 0.481 e. The molecule has 0 saturated carbocycles. The van der Waals surface area contributed by atoms with Crippen LogP contribution in [0.3, 0.4) is 0 Å². The fourth-order valence-corrected chi connectivity index (χ4v) is 4.59. The molecule has 1 atom stereocenters.